The van der Waals surface area contributed by atoms with Crippen molar-refractivity contribution in [1.82, 2.24) is 19.3 Å². The summed E-state index contributed by atoms with van der Waals surface area (Å²) in [5.41, 5.74) is 0.430. The molecule has 0 bridgehead atoms. The molecule has 0 unspecified atom stereocenters. The zero-order valence-corrected chi connectivity index (χ0v) is 14.1. The van der Waals surface area contributed by atoms with Gasteiger partial charge >= 0.3 is 5.69 Å². The number of rotatable bonds is 4. The van der Waals surface area contributed by atoms with Crippen LogP contribution in [0.5, 0.6) is 0 Å². The number of benzene rings is 1. The predicted octanol–water partition coefficient (Wildman–Crippen LogP) is 2.83. The maximum Gasteiger partial charge on any atom is 0.346 e. The van der Waals surface area contributed by atoms with E-state index in [4.69, 9.17) is 23.2 Å². The number of hydrogen-bond acceptors (Lipinski definition) is 4. The predicted molar refractivity (Wildman–Crippen MR) is 91.5 cm³/mol. The molecule has 1 aromatic carbocycles. The van der Waals surface area contributed by atoms with Crippen molar-refractivity contribution in [3.8, 4) is 11.5 Å². The van der Waals surface area contributed by atoms with Gasteiger partial charge in [0.05, 0.1) is 5.02 Å². The summed E-state index contributed by atoms with van der Waals surface area (Å²) in [6.45, 7) is -0.221. The van der Waals surface area contributed by atoms with Gasteiger partial charge in [0.2, 0.25) is 0 Å². The van der Waals surface area contributed by atoms with Gasteiger partial charge in [0.25, 0.3) is 0 Å². The Hall–Kier alpha value is -2.44. The summed E-state index contributed by atoms with van der Waals surface area (Å²) in [6.07, 6.45) is 1.61. The van der Waals surface area contributed by atoms with Crippen LogP contribution in [0.25, 0.3) is 11.5 Å². The van der Waals surface area contributed by atoms with Crippen LogP contribution in [0.15, 0.2) is 47.4 Å². The summed E-state index contributed by atoms with van der Waals surface area (Å²) in [5.74, 6) is 0.0556. The first-order valence-electron chi connectivity index (χ1n) is 7.01. The third kappa shape index (κ3) is 3.11. The molecule has 0 aliphatic heterocycles. The molecule has 2 aromatic heterocycles. The first-order chi connectivity index (χ1) is 11.5. The normalized spacial score (nSPS) is 10.8. The Kier molecular flexibility index (Phi) is 4.51. The molecule has 24 heavy (non-hydrogen) atoms. The van der Waals surface area contributed by atoms with E-state index in [1.54, 1.807) is 37.5 Å². The standard InChI is InChI=1S/C16H12Cl2N4O2/c1-21-15(13-4-2-3-7-19-13)20-22(16(21)24)9-14(23)11-6-5-10(17)8-12(11)18/h2-8H,9H2,1H3. The minimum atomic E-state index is -0.408. The van der Waals surface area contributed by atoms with E-state index in [1.807, 2.05) is 0 Å². The lowest BCUT2D eigenvalue weighted by Crippen LogP contribution is -2.26. The van der Waals surface area contributed by atoms with Gasteiger partial charge in [-0.1, -0.05) is 29.3 Å². The number of pyridine rings is 1. The van der Waals surface area contributed by atoms with Gasteiger partial charge in [0.15, 0.2) is 11.6 Å². The number of Topliss-reactive ketones (excluding diaryl/α,β-unsaturated/α-hetero) is 1. The highest BCUT2D eigenvalue weighted by Crippen LogP contribution is 2.21. The number of carbonyl (C=O) groups excluding carboxylic acids is 1. The monoisotopic (exact) mass is 362 g/mol. The Balaban J connectivity index is 1.94. The fourth-order valence-electron chi connectivity index (χ4n) is 2.25. The van der Waals surface area contributed by atoms with Crippen molar-refractivity contribution in [2.75, 3.05) is 0 Å². The van der Waals surface area contributed by atoms with E-state index in [0.717, 1.165) is 4.68 Å². The van der Waals surface area contributed by atoms with Crippen LogP contribution in [0.3, 0.4) is 0 Å². The van der Waals surface area contributed by atoms with Crippen LogP contribution in [0, 0.1) is 0 Å². The molecular formula is C16H12Cl2N4O2. The van der Waals surface area contributed by atoms with E-state index in [0.29, 0.717) is 16.5 Å². The summed E-state index contributed by atoms with van der Waals surface area (Å²) < 4.78 is 2.44. The molecule has 6 nitrogen and oxygen atoms in total. The van der Waals surface area contributed by atoms with Crippen LogP contribution in [0.4, 0.5) is 0 Å². The number of carbonyl (C=O) groups is 1. The van der Waals surface area contributed by atoms with Crippen molar-refractivity contribution < 1.29 is 4.79 Å². The molecule has 0 aliphatic rings. The average molecular weight is 363 g/mol. The number of hydrogen-bond donors (Lipinski definition) is 0. The van der Waals surface area contributed by atoms with Gasteiger partial charge in [-0.05, 0) is 30.3 Å². The lowest BCUT2D eigenvalue weighted by Gasteiger charge is -2.03. The van der Waals surface area contributed by atoms with Crippen molar-refractivity contribution in [1.29, 1.82) is 0 Å². The molecule has 0 aliphatic carbocycles. The molecule has 0 saturated heterocycles. The molecule has 0 spiro atoms. The van der Waals surface area contributed by atoms with E-state index < -0.39 is 5.69 Å². The average Bonchev–Trinajstić information content (AvgIpc) is 2.84. The van der Waals surface area contributed by atoms with Gasteiger partial charge in [-0.3, -0.25) is 14.3 Å². The second-order valence-electron chi connectivity index (χ2n) is 5.09. The largest absolute Gasteiger partial charge is 0.346 e. The van der Waals surface area contributed by atoms with Gasteiger partial charge < -0.3 is 0 Å². The molecule has 3 rings (SSSR count). The van der Waals surface area contributed by atoms with E-state index in [-0.39, 0.29) is 22.9 Å². The second kappa shape index (κ2) is 6.59. The maximum absolute atomic E-state index is 12.4. The van der Waals surface area contributed by atoms with E-state index >= 15 is 0 Å². The molecule has 8 heteroatoms. The van der Waals surface area contributed by atoms with Crippen molar-refractivity contribution in [3.05, 3.63) is 68.7 Å². The summed E-state index contributed by atoms with van der Waals surface area (Å²) >= 11 is 11.9. The Labute approximate surface area is 147 Å². The minimum Gasteiger partial charge on any atom is -0.292 e. The van der Waals surface area contributed by atoms with Crippen molar-refractivity contribution >= 4 is 29.0 Å². The highest BCUT2D eigenvalue weighted by molar-refractivity contribution is 6.36. The fourth-order valence-corrected chi connectivity index (χ4v) is 2.76. The Morgan fingerprint density at radius 3 is 2.67 bits per heavy atom. The lowest BCUT2D eigenvalue weighted by atomic mass is 10.1. The SMILES string of the molecule is Cn1c(-c2ccccn2)nn(CC(=O)c2ccc(Cl)cc2Cl)c1=O. The van der Waals surface area contributed by atoms with Crippen molar-refractivity contribution in [2.45, 2.75) is 6.54 Å². The summed E-state index contributed by atoms with van der Waals surface area (Å²) in [6, 6.07) is 9.89. The third-order valence-corrected chi connectivity index (χ3v) is 4.01. The Bertz CT molecular complexity index is 964. The number of halogens is 2. The Morgan fingerprint density at radius 1 is 1.21 bits per heavy atom. The van der Waals surface area contributed by atoms with Gasteiger partial charge in [0, 0.05) is 23.8 Å². The van der Waals surface area contributed by atoms with Crippen LogP contribution < -0.4 is 5.69 Å². The summed E-state index contributed by atoms with van der Waals surface area (Å²) in [4.78, 5) is 28.9. The van der Waals surface area contributed by atoms with Gasteiger partial charge in [-0.15, -0.1) is 5.10 Å². The smallest absolute Gasteiger partial charge is 0.292 e. The van der Waals surface area contributed by atoms with Crippen molar-refractivity contribution in [3.63, 3.8) is 0 Å². The van der Waals surface area contributed by atoms with Crippen LogP contribution in [-0.2, 0) is 13.6 Å². The molecule has 0 saturated carbocycles. The lowest BCUT2D eigenvalue weighted by molar-refractivity contribution is 0.0966. The first kappa shape index (κ1) is 16.4. The highest BCUT2D eigenvalue weighted by atomic mass is 35.5. The van der Waals surface area contributed by atoms with Gasteiger partial charge in [-0.2, -0.15) is 0 Å². The number of ketones is 1. The fraction of sp³-hybridized carbons (Fsp3) is 0.125. The number of aromatic nitrogens is 4. The molecule has 2 heterocycles. The molecule has 0 N–H and O–H groups in total. The molecule has 3 aromatic rings. The molecular weight excluding hydrogens is 351 g/mol. The van der Waals surface area contributed by atoms with E-state index in [1.165, 1.54) is 16.7 Å². The van der Waals surface area contributed by atoms with E-state index in [2.05, 4.69) is 10.1 Å². The maximum atomic E-state index is 12.4. The third-order valence-electron chi connectivity index (χ3n) is 3.46. The van der Waals surface area contributed by atoms with Gasteiger partial charge in [0.1, 0.15) is 12.2 Å². The zero-order valence-electron chi connectivity index (χ0n) is 12.6. The molecule has 122 valence electrons. The van der Waals surface area contributed by atoms with E-state index in [9.17, 15) is 9.59 Å². The molecule has 0 atom stereocenters. The molecule has 0 fully saturated rings. The second-order valence-corrected chi connectivity index (χ2v) is 5.93. The topological polar surface area (TPSA) is 69.8 Å². The van der Waals surface area contributed by atoms with Crippen LogP contribution >= 0.6 is 23.2 Å². The zero-order chi connectivity index (χ0) is 17.3. The van der Waals surface area contributed by atoms with Gasteiger partial charge in [-0.25, -0.2) is 9.48 Å². The van der Waals surface area contributed by atoms with Crippen LogP contribution in [0.1, 0.15) is 10.4 Å². The van der Waals surface area contributed by atoms with Crippen molar-refractivity contribution in [2.24, 2.45) is 7.05 Å². The highest BCUT2D eigenvalue weighted by Gasteiger charge is 2.17. The quantitative estimate of drug-likeness (QED) is 0.669. The summed E-state index contributed by atoms with van der Waals surface area (Å²) in [7, 11) is 1.58. The minimum absolute atomic E-state index is 0.221. The van der Waals surface area contributed by atoms with Crippen LogP contribution in [-0.4, -0.2) is 25.1 Å². The van der Waals surface area contributed by atoms with Crippen LogP contribution in [0.2, 0.25) is 10.0 Å². The number of nitrogens with zero attached hydrogens (tertiary/aromatic N) is 4. The summed E-state index contributed by atoms with van der Waals surface area (Å²) in [5, 5.41) is 4.88. The first-order valence-corrected chi connectivity index (χ1v) is 7.76. The molecule has 0 radical (unpaired) electrons. The molecule has 0 amide bonds. The Morgan fingerprint density at radius 2 is 2.00 bits per heavy atom.